The number of hydrogen-bond donors (Lipinski definition) is 2. The van der Waals surface area contributed by atoms with Crippen LogP contribution in [-0.2, 0) is 4.79 Å². The third kappa shape index (κ3) is 3.09. The first-order valence-corrected chi connectivity index (χ1v) is 4.61. The lowest BCUT2D eigenvalue weighted by Gasteiger charge is -2.09. The van der Waals surface area contributed by atoms with Crippen molar-refractivity contribution in [2.75, 3.05) is 0 Å². The highest BCUT2D eigenvalue weighted by molar-refractivity contribution is 5.96. The summed E-state index contributed by atoms with van der Waals surface area (Å²) in [7, 11) is 0. The van der Waals surface area contributed by atoms with Crippen LogP contribution in [0.4, 0.5) is 0 Å². The second-order valence-electron chi connectivity index (χ2n) is 3.40. The average Bonchev–Trinajstić information content (AvgIpc) is 2.17. The summed E-state index contributed by atoms with van der Waals surface area (Å²) in [5.74, 6) is -1.41. The van der Waals surface area contributed by atoms with Gasteiger partial charge in [-0.05, 0) is 26.0 Å². The molecule has 1 atom stereocenters. The van der Waals surface area contributed by atoms with E-state index < -0.39 is 12.0 Å². The maximum Gasteiger partial charge on any atom is 0.325 e. The Hall–Kier alpha value is -1.84. The molecule has 80 valence electrons. The molecular weight excluding hydrogens is 194 g/mol. The minimum Gasteiger partial charge on any atom is -0.480 e. The van der Waals surface area contributed by atoms with Crippen LogP contribution in [0, 0.1) is 6.92 Å². The van der Waals surface area contributed by atoms with E-state index in [-0.39, 0.29) is 5.91 Å². The standard InChI is InChI=1S/C11H13NO3/c1-7-4-3-5-9(6-7)10(13)12-8(2)11(14)15/h3-6,8H,1-2H3,(H,12,13)(H,14,15)/t8-/m0/s1. The van der Waals surface area contributed by atoms with Gasteiger partial charge in [0.2, 0.25) is 0 Å². The molecule has 0 fully saturated rings. The van der Waals surface area contributed by atoms with Gasteiger partial charge in [-0.3, -0.25) is 9.59 Å². The van der Waals surface area contributed by atoms with Crippen LogP contribution in [0.25, 0.3) is 0 Å². The van der Waals surface area contributed by atoms with Crippen LogP contribution >= 0.6 is 0 Å². The van der Waals surface area contributed by atoms with Gasteiger partial charge in [0.25, 0.3) is 5.91 Å². The Morgan fingerprint density at radius 3 is 2.60 bits per heavy atom. The molecule has 2 N–H and O–H groups in total. The summed E-state index contributed by atoms with van der Waals surface area (Å²) in [6.07, 6.45) is 0. The molecule has 0 aromatic heterocycles. The van der Waals surface area contributed by atoms with Crippen molar-refractivity contribution >= 4 is 11.9 Å². The first kappa shape index (κ1) is 11.2. The third-order valence-electron chi connectivity index (χ3n) is 2.00. The predicted octanol–water partition coefficient (Wildman–Crippen LogP) is 1.20. The average molecular weight is 207 g/mol. The van der Waals surface area contributed by atoms with E-state index in [1.807, 2.05) is 13.0 Å². The predicted molar refractivity (Wildman–Crippen MR) is 55.7 cm³/mol. The van der Waals surface area contributed by atoms with Gasteiger partial charge in [0.1, 0.15) is 6.04 Å². The van der Waals surface area contributed by atoms with Gasteiger partial charge in [-0.15, -0.1) is 0 Å². The van der Waals surface area contributed by atoms with Gasteiger partial charge in [-0.2, -0.15) is 0 Å². The topological polar surface area (TPSA) is 66.4 Å². The lowest BCUT2D eigenvalue weighted by Crippen LogP contribution is -2.38. The summed E-state index contributed by atoms with van der Waals surface area (Å²) < 4.78 is 0. The molecule has 0 radical (unpaired) electrons. The number of carboxylic acid groups (broad SMARTS) is 1. The summed E-state index contributed by atoms with van der Waals surface area (Å²) in [6, 6.07) is 6.12. The Morgan fingerprint density at radius 2 is 2.07 bits per heavy atom. The number of aliphatic carboxylic acids is 1. The van der Waals surface area contributed by atoms with E-state index in [4.69, 9.17) is 5.11 Å². The zero-order valence-electron chi connectivity index (χ0n) is 8.65. The number of carboxylic acids is 1. The number of carbonyl (C=O) groups excluding carboxylic acids is 1. The molecule has 1 rings (SSSR count). The SMILES string of the molecule is Cc1cccc(C(=O)N[C@@H](C)C(=O)O)c1. The molecule has 0 heterocycles. The highest BCUT2D eigenvalue weighted by Gasteiger charge is 2.14. The van der Waals surface area contributed by atoms with Gasteiger partial charge in [-0.1, -0.05) is 17.7 Å². The first-order valence-electron chi connectivity index (χ1n) is 4.61. The third-order valence-corrected chi connectivity index (χ3v) is 2.00. The second-order valence-corrected chi connectivity index (χ2v) is 3.40. The second kappa shape index (κ2) is 4.59. The molecule has 4 nitrogen and oxygen atoms in total. The quantitative estimate of drug-likeness (QED) is 0.782. The van der Waals surface area contributed by atoms with Crippen LogP contribution < -0.4 is 5.32 Å². The van der Waals surface area contributed by atoms with E-state index >= 15 is 0 Å². The fourth-order valence-corrected chi connectivity index (χ4v) is 1.13. The van der Waals surface area contributed by atoms with Crippen molar-refractivity contribution in [1.82, 2.24) is 5.32 Å². The molecule has 0 aliphatic carbocycles. The Balaban J connectivity index is 2.73. The van der Waals surface area contributed by atoms with Gasteiger partial charge in [-0.25, -0.2) is 0 Å². The number of nitrogens with one attached hydrogen (secondary N) is 1. The smallest absolute Gasteiger partial charge is 0.325 e. The Labute approximate surface area is 87.9 Å². The number of hydrogen-bond acceptors (Lipinski definition) is 2. The largest absolute Gasteiger partial charge is 0.480 e. The fraction of sp³-hybridized carbons (Fsp3) is 0.273. The molecule has 1 amide bonds. The number of benzene rings is 1. The van der Waals surface area contributed by atoms with Gasteiger partial charge < -0.3 is 10.4 Å². The lowest BCUT2D eigenvalue weighted by atomic mass is 10.1. The number of aryl methyl sites for hydroxylation is 1. The molecule has 0 unspecified atom stereocenters. The molecule has 0 spiro atoms. The van der Waals surface area contributed by atoms with Crippen LogP contribution in [-0.4, -0.2) is 23.0 Å². The van der Waals surface area contributed by atoms with Crippen molar-refractivity contribution in [3.8, 4) is 0 Å². The van der Waals surface area contributed by atoms with Crippen molar-refractivity contribution in [2.24, 2.45) is 0 Å². The molecule has 0 aliphatic heterocycles. The van der Waals surface area contributed by atoms with Crippen LogP contribution in [0.3, 0.4) is 0 Å². The lowest BCUT2D eigenvalue weighted by molar-refractivity contribution is -0.138. The number of rotatable bonds is 3. The molecule has 0 bridgehead atoms. The summed E-state index contributed by atoms with van der Waals surface area (Å²) >= 11 is 0. The zero-order chi connectivity index (χ0) is 11.4. The van der Waals surface area contributed by atoms with Crippen molar-refractivity contribution in [1.29, 1.82) is 0 Å². The molecule has 0 aliphatic rings. The molecule has 4 heteroatoms. The Kier molecular flexibility index (Phi) is 3.44. The maximum atomic E-state index is 11.5. The molecule has 0 saturated heterocycles. The molecule has 1 aromatic rings. The van der Waals surface area contributed by atoms with Crippen LogP contribution in [0.15, 0.2) is 24.3 Å². The fourth-order valence-electron chi connectivity index (χ4n) is 1.13. The van der Waals surface area contributed by atoms with Crippen molar-refractivity contribution < 1.29 is 14.7 Å². The van der Waals surface area contributed by atoms with E-state index in [0.29, 0.717) is 5.56 Å². The normalized spacial score (nSPS) is 11.9. The van der Waals surface area contributed by atoms with E-state index in [0.717, 1.165) is 5.56 Å². The van der Waals surface area contributed by atoms with Crippen molar-refractivity contribution in [3.05, 3.63) is 35.4 Å². The van der Waals surface area contributed by atoms with Crippen molar-refractivity contribution in [3.63, 3.8) is 0 Å². The van der Waals surface area contributed by atoms with Crippen LogP contribution in [0.1, 0.15) is 22.8 Å². The molecule has 1 aromatic carbocycles. The van der Waals surface area contributed by atoms with Crippen molar-refractivity contribution in [2.45, 2.75) is 19.9 Å². The first-order chi connectivity index (χ1) is 7.00. The summed E-state index contributed by atoms with van der Waals surface area (Å²) in [4.78, 5) is 22.1. The van der Waals surface area contributed by atoms with E-state index in [2.05, 4.69) is 5.32 Å². The number of amides is 1. The zero-order valence-corrected chi connectivity index (χ0v) is 8.65. The highest BCUT2D eigenvalue weighted by Crippen LogP contribution is 2.03. The van der Waals surface area contributed by atoms with E-state index in [1.54, 1.807) is 18.2 Å². The molecular formula is C11H13NO3. The minimum atomic E-state index is -1.05. The van der Waals surface area contributed by atoms with Gasteiger partial charge in [0.15, 0.2) is 0 Å². The van der Waals surface area contributed by atoms with E-state index in [9.17, 15) is 9.59 Å². The van der Waals surface area contributed by atoms with Crippen LogP contribution in [0.5, 0.6) is 0 Å². The summed E-state index contributed by atoms with van der Waals surface area (Å²) in [5.41, 5.74) is 1.44. The Morgan fingerprint density at radius 1 is 1.40 bits per heavy atom. The molecule has 0 saturated carbocycles. The summed E-state index contributed by atoms with van der Waals surface area (Å²) in [5, 5.41) is 11.0. The van der Waals surface area contributed by atoms with Crippen LogP contribution in [0.2, 0.25) is 0 Å². The van der Waals surface area contributed by atoms with Gasteiger partial charge >= 0.3 is 5.97 Å². The monoisotopic (exact) mass is 207 g/mol. The highest BCUT2D eigenvalue weighted by atomic mass is 16.4. The van der Waals surface area contributed by atoms with Gasteiger partial charge in [0.05, 0.1) is 0 Å². The molecule has 15 heavy (non-hydrogen) atoms. The minimum absolute atomic E-state index is 0.367. The Bertz CT molecular complexity index is 387. The maximum absolute atomic E-state index is 11.5. The van der Waals surface area contributed by atoms with E-state index in [1.165, 1.54) is 6.92 Å². The van der Waals surface area contributed by atoms with Gasteiger partial charge in [0, 0.05) is 5.56 Å². The number of carbonyl (C=O) groups is 2. The summed E-state index contributed by atoms with van der Waals surface area (Å²) in [6.45, 7) is 3.30.